The van der Waals surface area contributed by atoms with Gasteiger partial charge >= 0.3 is 5.97 Å². The Morgan fingerprint density at radius 3 is 2.86 bits per heavy atom. The summed E-state index contributed by atoms with van der Waals surface area (Å²) >= 11 is 6.16. The van der Waals surface area contributed by atoms with E-state index in [2.05, 4.69) is 10.2 Å². The predicted molar refractivity (Wildman–Crippen MR) is 80.5 cm³/mol. The van der Waals surface area contributed by atoms with Gasteiger partial charge in [-0.25, -0.2) is 4.79 Å². The number of benzene rings is 1. The van der Waals surface area contributed by atoms with Gasteiger partial charge in [-0.2, -0.15) is 0 Å². The van der Waals surface area contributed by atoms with Crippen molar-refractivity contribution in [3.05, 3.63) is 34.3 Å². The average Bonchev–Trinajstić information content (AvgIpc) is 2.40. The second-order valence-corrected chi connectivity index (χ2v) is 5.97. The Hall–Kier alpha value is -1.59. The second-order valence-electron chi connectivity index (χ2n) is 5.56. The van der Waals surface area contributed by atoms with E-state index in [1.165, 1.54) is 6.07 Å². The Bertz CT molecular complexity index is 560. The molecule has 0 saturated carbocycles. The minimum Gasteiger partial charge on any atom is -0.478 e. The Morgan fingerprint density at radius 2 is 2.24 bits per heavy atom. The van der Waals surface area contributed by atoms with E-state index in [0.29, 0.717) is 18.1 Å². The van der Waals surface area contributed by atoms with Crippen molar-refractivity contribution in [3.8, 4) is 0 Å². The number of hydrogen-bond donors (Lipinski definition) is 2. The number of rotatable bonds is 4. The molecule has 6 heteroatoms. The minimum absolute atomic E-state index is 0.0155. The molecule has 0 radical (unpaired) electrons. The third-order valence-electron chi connectivity index (χ3n) is 3.66. The molecule has 21 heavy (non-hydrogen) atoms. The van der Waals surface area contributed by atoms with Gasteiger partial charge in [-0.15, -0.1) is 0 Å². The number of halogens is 1. The summed E-state index contributed by atoms with van der Waals surface area (Å²) in [6.45, 7) is 5.78. The lowest BCUT2D eigenvalue weighted by atomic mass is 9.98. The highest BCUT2D eigenvalue weighted by Crippen LogP contribution is 2.23. The number of carbonyl (C=O) groups excluding carboxylic acids is 1. The first-order chi connectivity index (χ1) is 9.90. The molecule has 2 rings (SSSR count). The van der Waals surface area contributed by atoms with Gasteiger partial charge in [0.2, 0.25) is 5.91 Å². The number of aromatic carboxylic acids is 1. The molecule has 1 saturated heterocycles. The highest BCUT2D eigenvalue weighted by Gasteiger charge is 2.32. The van der Waals surface area contributed by atoms with Crippen LogP contribution in [0.1, 0.15) is 29.8 Å². The van der Waals surface area contributed by atoms with Gasteiger partial charge in [-0.3, -0.25) is 9.69 Å². The molecule has 1 aromatic carbocycles. The molecule has 1 atom stereocenters. The molecular formula is C15H19ClN2O3. The van der Waals surface area contributed by atoms with Crippen LogP contribution in [0.5, 0.6) is 0 Å². The quantitative estimate of drug-likeness (QED) is 0.892. The van der Waals surface area contributed by atoms with Crippen LogP contribution in [0.15, 0.2) is 18.2 Å². The Balaban J connectivity index is 2.25. The number of hydrogen-bond acceptors (Lipinski definition) is 3. The third kappa shape index (κ3) is 3.54. The predicted octanol–water partition coefficient (Wildman–Crippen LogP) is 1.99. The van der Waals surface area contributed by atoms with E-state index in [0.717, 1.165) is 12.1 Å². The van der Waals surface area contributed by atoms with Crippen molar-refractivity contribution in [2.45, 2.75) is 26.4 Å². The maximum absolute atomic E-state index is 12.0. The summed E-state index contributed by atoms with van der Waals surface area (Å²) in [7, 11) is 0. The van der Waals surface area contributed by atoms with Crippen LogP contribution in [0.4, 0.5) is 0 Å². The van der Waals surface area contributed by atoms with E-state index in [1.54, 1.807) is 12.1 Å². The zero-order chi connectivity index (χ0) is 15.6. The first-order valence-corrected chi connectivity index (χ1v) is 7.31. The van der Waals surface area contributed by atoms with Gasteiger partial charge in [0.1, 0.15) is 0 Å². The van der Waals surface area contributed by atoms with E-state index in [1.807, 2.05) is 13.8 Å². The lowest BCUT2D eigenvalue weighted by Gasteiger charge is -2.37. The smallest absolute Gasteiger partial charge is 0.335 e. The van der Waals surface area contributed by atoms with Crippen molar-refractivity contribution in [2.75, 3.05) is 13.1 Å². The van der Waals surface area contributed by atoms with E-state index in [9.17, 15) is 9.59 Å². The van der Waals surface area contributed by atoms with E-state index >= 15 is 0 Å². The number of nitrogens with one attached hydrogen (secondary N) is 1. The van der Waals surface area contributed by atoms with Gasteiger partial charge in [0.15, 0.2) is 0 Å². The molecule has 1 heterocycles. The number of amides is 1. The Morgan fingerprint density at radius 1 is 1.52 bits per heavy atom. The molecule has 5 nitrogen and oxygen atoms in total. The highest BCUT2D eigenvalue weighted by molar-refractivity contribution is 6.31. The van der Waals surface area contributed by atoms with Crippen LogP contribution < -0.4 is 5.32 Å². The lowest BCUT2D eigenvalue weighted by molar-refractivity contribution is -0.131. The fraction of sp³-hybridized carbons (Fsp3) is 0.467. The highest BCUT2D eigenvalue weighted by atomic mass is 35.5. The van der Waals surface area contributed by atoms with Crippen LogP contribution in [0.25, 0.3) is 0 Å². The van der Waals surface area contributed by atoms with Crippen molar-refractivity contribution in [1.82, 2.24) is 10.2 Å². The number of carboxylic acid groups (broad SMARTS) is 1. The zero-order valence-electron chi connectivity index (χ0n) is 12.1. The normalized spacial score (nSPS) is 19.6. The number of carboxylic acids is 1. The minimum atomic E-state index is -0.982. The van der Waals surface area contributed by atoms with Crippen molar-refractivity contribution < 1.29 is 14.7 Å². The van der Waals surface area contributed by atoms with Crippen LogP contribution in [0, 0.1) is 5.92 Å². The summed E-state index contributed by atoms with van der Waals surface area (Å²) < 4.78 is 0. The molecule has 0 aromatic heterocycles. The van der Waals surface area contributed by atoms with Crippen molar-refractivity contribution in [2.24, 2.45) is 5.92 Å². The molecule has 1 amide bonds. The second kappa shape index (κ2) is 6.45. The summed E-state index contributed by atoms with van der Waals surface area (Å²) in [5.41, 5.74) is 0.939. The fourth-order valence-corrected chi connectivity index (χ4v) is 2.86. The van der Waals surface area contributed by atoms with Crippen molar-refractivity contribution >= 4 is 23.5 Å². The Labute approximate surface area is 128 Å². The molecule has 1 unspecified atom stereocenters. The first-order valence-electron chi connectivity index (χ1n) is 6.93. The topological polar surface area (TPSA) is 69.6 Å². The molecule has 0 bridgehead atoms. The number of nitrogens with zero attached hydrogens (tertiary/aromatic N) is 1. The van der Waals surface area contributed by atoms with E-state index in [4.69, 9.17) is 16.7 Å². The van der Waals surface area contributed by atoms with Crippen LogP contribution >= 0.6 is 11.6 Å². The lowest BCUT2D eigenvalue weighted by Crippen LogP contribution is -2.56. The van der Waals surface area contributed by atoms with Crippen molar-refractivity contribution in [3.63, 3.8) is 0 Å². The molecule has 114 valence electrons. The van der Waals surface area contributed by atoms with Gasteiger partial charge < -0.3 is 10.4 Å². The van der Waals surface area contributed by atoms with Crippen LogP contribution in [0.3, 0.4) is 0 Å². The Kier molecular flexibility index (Phi) is 4.85. The van der Waals surface area contributed by atoms with Crippen LogP contribution in [0.2, 0.25) is 5.02 Å². The first kappa shape index (κ1) is 15.8. The maximum Gasteiger partial charge on any atom is 0.335 e. The van der Waals surface area contributed by atoms with Crippen LogP contribution in [-0.4, -0.2) is 41.0 Å². The zero-order valence-corrected chi connectivity index (χ0v) is 12.9. The van der Waals surface area contributed by atoms with E-state index in [-0.39, 0.29) is 23.4 Å². The standard InChI is InChI=1S/C15H19ClN2O3/c1-9(2)13-14(19)17-5-6-18(13)8-11-7-10(15(20)21)3-4-12(11)16/h3-4,7,9,13H,5-6,8H2,1-2H3,(H,17,19)(H,20,21). The molecule has 1 aromatic rings. The molecule has 2 N–H and O–H groups in total. The third-order valence-corrected chi connectivity index (χ3v) is 4.03. The SMILES string of the molecule is CC(C)C1C(=O)NCCN1Cc1cc(C(=O)O)ccc1Cl. The maximum atomic E-state index is 12.0. The largest absolute Gasteiger partial charge is 0.478 e. The van der Waals surface area contributed by atoms with Crippen molar-refractivity contribution in [1.29, 1.82) is 0 Å². The fourth-order valence-electron chi connectivity index (χ4n) is 2.68. The van der Waals surface area contributed by atoms with Gasteiger partial charge in [0.25, 0.3) is 0 Å². The summed E-state index contributed by atoms with van der Waals surface area (Å²) in [6, 6.07) is 4.43. The molecule has 0 spiro atoms. The van der Waals surface area contributed by atoms with Gasteiger partial charge in [-0.1, -0.05) is 25.4 Å². The average molecular weight is 311 g/mol. The molecule has 1 aliphatic rings. The van der Waals surface area contributed by atoms with Gasteiger partial charge in [0, 0.05) is 24.7 Å². The summed E-state index contributed by atoms with van der Waals surface area (Å²) in [4.78, 5) is 25.1. The summed E-state index contributed by atoms with van der Waals surface area (Å²) in [5, 5.41) is 12.5. The van der Waals surface area contributed by atoms with Gasteiger partial charge in [0.05, 0.1) is 11.6 Å². The van der Waals surface area contributed by atoms with Crippen LogP contribution in [-0.2, 0) is 11.3 Å². The van der Waals surface area contributed by atoms with E-state index < -0.39 is 5.97 Å². The summed E-state index contributed by atoms with van der Waals surface area (Å²) in [6.07, 6.45) is 0. The summed E-state index contributed by atoms with van der Waals surface area (Å²) in [5.74, 6) is -0.793. The molecule has 0 aliphatic carbocycles. The molecule has 1 fully saturated rings. The molecule has 1 aliphatic heterocycles. The van der Waals surface area contributed by atoms with Gasteiger partial charge in [-0.05, 0) is 29.7 Å². The number of piperazine rings is 1. The molecular weight excluding hydrogens is 292 g/mol. The monoisotopic (exact) mass is 310 g/mol. The number of carbonyl (C=O) groups is 2.